The molecule has 0 radical (unpaired) electrons. The van der Waals surface area contributed by atoms with Gasteiger partial charge in [-0.15, -0.1) is 0 Å². The maximum atomic E-state index is 11.1. The van der Waals surface area contributed by atoms with Gasteiger partial charge in [-0.05, 0) is 42.8 Å². The van der Waals surface area contributed by atoms with Gasteiger partial charge in [-0.25, -0.2) is 4.98 Å². The molecule has 0 fully saturated rings. The van der Waals surface area contributed by atoms with Crippen molar-refractivity contribution in [2.75, 3.05) is 17.2 Å². The van der Waals surface area contributed by atoms with E-state index in [1.165, 1.54) is 0 Å². The molecule has 122 valence electrons. The van der Waals surface area contributed by atoms with Gasteiger partial charge in [0.2, 0.25) is 11.9 Å². The van der Waals surface area contributed by atoms with Crippen LogP contribution in [0.4, 0.5) is 17.5 Å². The number of nitrogens with zero attached hydrogens (tertiary/aromatic N) is 2. The van der Waals surface area contributed by atoms with E-state index in [9.17, 15) is 4.79 Å². The van der Waals surface area contributed by atoms with Crippen LogP contribution in [-0.2, 0) is 0 Å². The topological polar surface area (TPSA) is 92.9 Å². The summed E-state index contributed by atoms with van der Waals surface area (Å²) in [6.45, 7) is 2.95. The van der Waals surface area contributed by atoms with Crippen LogP contribution in [0.5, 0.6) is 0 Å². The summed E-state index contributed by atoms with van der Waals surface area (Å²) >= 11 is 0. The van der Waals surface area contributed by atoms with Crippen LogP contribution in [0.3, 0.4) is 0 Å². The van der Waals surface area contributed by atoms with Crippen molar-refractivity contribution >= 4 is 34.3 Å². The second-order valence-electron chi connectivity index (χ2n) is 5.41. The molecule has 1 amide bonds. The van der Waals surface area contributed by atoms with E-state index in [1.807, 2.05) is 24.3 Å². The Labute approximate surface area is 140 Å². The average Bonchev–Trinajstić information content (AvgIpc) is 2.60. The largest absolute Gasteiger partial charge is 0.369 e. The number of primary amides is 1. The van der Waals surface area contributed by atoms with Crippen LogP contribution in [0.1, 0.15) is 23.7 Å². The number of carbonyl (C=O) groups is 1. The fourth-order valence-corrected chi connectivity index (χ4v) is 2.36. The third-order valence-electron chi connectivity index (χ3n) is 3.57. The fraction of sp³-hybridized carbons (Fsp3) is 0.167. The first-order valence-electron chi connectivity index (χ1n) is 7.85. The average molecular weight is 321 g/mol. The van der Waals surface area contributed by atoms with Gasteiger partial charge in [-0.3, -0.25) is 4.79 Å². The van der Waals surface area contributed by atoms with E-state index in [4.69, 9.17) is 5.73 Å². The SMILES string of the molecule is CCCNc1nc(Nc2ccc(C(N)=O)cc2)nc2ccccc12. The lowest BCUT2D eigenvalue weighted by Crippen LogP contribution is -2.10. The van der Waals surface area contributed by atoms with E-state index >= 15 is 0 Å². The highest BCUT2D eigenvalue weighted by Crippen LogP contribution is 2.23. The quantitative estimate of drug-likeness (QED) is 0.648. The molecular weight excluding hydrogens is 302 g/mol. The molecule has 0 saturated carbocycles. The Bertz CT molecular complexity index is 861. The number of carbonyl (C=O) groups excluding carboxylic acids is 1. The van der Waals surface area contributed by atoms with Crippen LogP contribution >= 0.6 is 0 Å². The number of hydrogen-bond donors (Lipinski definition) is 3. The van der Waals surface area contributed by atoms with Gasteiger partial charge >= 0.3 is 0 Å². The van der Waals surface area contributed by atoms with Gasteiger partial charge in [0.25, 0.3) is 0 Å². The van der Waals surface area contributed by atoms with Crippen molar-refractivity contribution in [2.45, 2.75) is 13.3 Å². The molecule has 0 unspecified atom stereocenters. The van der Waals surface area contributed by atoms with E-state index in [0.29, 0.717) is 11.5 Å². The summed E-state index contributed by atoms with van der Waals surface area (Å²) in [5, 5.41) is 7.49. The molecule has 0 atom stereocenters. The van der Waals surface area contributed by atoms with E-state index < -0.39 is 5.91 Å². The lowest BCUT2D eigenvalue weighted by atomic mass is 10.2. The molecule has 0 spiro atoms. The first kappa shape index (κ1) is 15.7. The number of para-hydroxylation sites is 1. The number of aromatic nitrogens is 2. The van der Waals surface area contributed by atoms with Crippen LogP contribution in [0.25, 0.3) is 10.9 Å². The van der Waals surface area contributed by atoms with Gasteiger partial charge in [0, 0.05) is 23.2 Å². The Morgan fingerprint density at radius 1 is 1.08 bits per heavy atom. The number of benzene rings is 2. The summed E-state index contributed by atoms with van der Waals surface area (Å²) in [6, 6.07) is 14.8. The first-order chi connectivity index (χ1) is 11.7. The zero-order chi connectivity index (χ0) is 16.9. The number of rotatable bonds is 6. The van der Waals surface area contributed by atoms with Crippen molar-refractivity contribution < 1.29 is 4.79 Å². The molecule has 0 aliphatic carbocycles. The summed E-state index contributed by atoms with van der Waals surface area (Å²) in [5.74, 6) is 0.854. The van der Waals surface area contributed by atoms with Crippen molar-refractivity contribution in [1.82, 2.24) is 9.97 Å². The zero-order valence-electron chi connectivity index (χ0n) is 13.4. The van der Waals surface area contributed by atoms with Crippen molar-refractivity contribution in [3.63, 3.8) is 0 Å². The minimum absolute atomic E-state index is 0.449. The van der Waals surface area contributed by atoms with Crippen molar-refractivity contribution in [1.29, 1.82) is 0 Å². The third kappa shape index (κ3) is 3.43. The molecule has 0 saturated heterocycles. The Kier molecular flexibility index (Phi) is 4.56. The van der Waals surface area contributed by atoms with Crippen LogP contribution in [0.2, 0.25) is 0 Å². The molecule has 1 heterocycles. The van der Waals surface area contributed by atoms with Crippen LogP contribution in [0, 0.1) is 0 Å². The molecular formula is C18H19N5O. The van der Waals surface area contributed by atoms with E-state index in [-0.39, 0.29) is 0 Å². The molecule has 3 aromatic rings. The minimum atomic E-state index is -0.449. The van der Waals surface area contributed by atoms with Gasteiger partial charge in [-0.1, -0.05) is 19.1 Å². The molecule has 24 heavy (non-hydrogen) atoms. The molecule has 2 aromatic carbocycles. The summed E-state index contributed by atoms with van der Waals surface area (Å²) in [6.07, 6.45) is 1.01. The molecule has 4 N–H and O–H groups in total. The third-order valence-corrected chi connectivity index (χ3v) is 3.57. The van der Waals surface area contributed by atoms with Crippen molar-refractivity contribution in [3.05, 3.63) is 54.1 Å². The fourth-order valence-electron chi connectivity index (χ4n) is 2.36. The first-order valence-corrected chi connectivity index (χ1v) is 7.85. The second-order valence-corrected chi connectivity index (χ2v) is 5.41. The van der Waals surface area contributed by atoms with Gasteiger partial charge in [0.1, 0.15) is 5.82 Å². The lowest BCUT2D eigenvalue weighted by molar-refractivity contribution is 0.100. The minimum Gasteiger partial charge on any atom is -0.369 e. The predicted molar refractivity (Wildman–Crippen MR) is 96.6 cm³/mol. The Morgan fingerprint density at radius 2 is 1.83 bits per heavy atom. The number of nitrogens with two attached hydrogens (primary N) is 1. The summed E-state index contributed by atoms with van der Waals surface area (Å²) in [4.78, 5) is 20.2. The van der Waals surface area contributed by atoms with Crippen molar-refractivity contribution in [3.8, 4) is 0 Å². The van der Waals surface area contributed by atoms with Gasteiger partial charge in [0.05, 0.1) is 5.52 Å². The standard InChI is InChI=1S/C18H19N5O/c1-2-11-20-17-14-5-3-4-6-15(14)22-18(23-17)21-13-9-7-12(8-10-13)16(19)24/h3-10H,2,11H2,1H3,(H2,19,24)(H2,20,21,22,23). The Morgan fingerprint density at radius 3 is 2.54 bits per heavy atom. The number of nitrogens with one attached hydrogen (secondary N) is 2. The highest BCUT2D eigenvalue weighted by molar-refractivity contribution is 5.93. The predicted octanol–water partition coefficient (Wildman–Crippen LogP) is 3.29. The molecule has 6 nitrogen and oxygen atoms in total. The van der Waals surface area contributed by atoms with E-state index in [0.717, 1.165) is 35.4 Å². The molecule has 1 aromatic heterocycles. The summed E-state index contributed by atoms with van der Waals surface area (Å²) in [5.41, 5.74) is 7.37. The summed E-state index contributed by atoms with van der Waals surface area (Å²) < 4.78 is 0. The molecule has 3 rings (SSSR count). The van der Waals surface area contributed by atoms with Gasteiger partial charge in [0.15, 0.2) is 0 Å². The second kappa shape index (κ2) is 6.95. The zero-order valence-corrected chi connectivity index (χ0v) is 13.4. The lowest BCUT2D eigenvalue weighted by Gasteiger charge is -2.11. The molecule has 0 aliphatic rings. The summed E-state index contributed by atoms with van der Waals surface area (Å²) in [7, 11) is 0. The number of anilines is 3. The van der Waals surface area contributed by atoms with Crippen LogP contribution in [-0.4, -0.2) is 22.4 Å². The Hall–Kier alpha value is -3.15. The maximum Gasteiger partial charge on any atom is 0.248 e. The smallest absolute Gasteiger partial charge is 0.248 e. The number of amides is 1. The highest BCUT2D eigenvalue weighted by Gasteiger charge is 2.08. The number of fused-ring (bicyclic) bond motifs is 1. The van der Waals surface area contributed by atoms with Crippen LogP contribution in [0.15, 0.2) is 48.5 Å². The molecule has 6 heteroatoms. The molecule has 0 aliphatic heterocycles. The Balaban J connectivity index is 1.92. The normalized spacial score (nSPS) is 10.5. The van der Waals surface area contributed by atoms with E-state index in [1.54, 1.807) is 24.3 Å². The van der Waals surface area contributed by atoms with Gasteiger partial charge in [-0.2, -0.15) is 4.98 Å². The number of hydrogen-bond acceptors (Lipinski definition) is 5. The monoisotopic (exact) mass is 321 g/mol. The van der Waals surface area contributed by atoms with E-state index in [2.05, 4.69) is 27.5 Å². The maximum absolute atomic E-state index is 11.1. The van der Waals surface area contributed by atoms with Crippen LogP contribution < -0.4 is 16.4 Å². The highest BCUT2D eigenvalue weighted by atomic mass is 16.1. The molecule has 0 bridgehead atoms. The van der Waals surface area contributed by atoms with Crippen molar-refractivity contribution in [2.24, 2.45) is 5.73 Å². The van der Waals surface area contributed by atoms with Gasteiger partial charge < -0.3 is 16.4 Å².